The Labute approximate surface area is 189 Å². The second-order valence-corrected chi connectivity index (χ2v) is 8.30. The molecular formula is C24H20Cl2F3NO. The summed E-state index contributed by atoms with van der Waals surface area (Å²) in [4.78, 5) is 1.94. The van der Waals surface area contributed by atoms with E-state index in [1.807, 2.05) is 23.1 Å². The van der Waals surface area contributed by atoms with Crippen molar-refractivity contribution in [1.82, 2.24) is 0 Å². The van der Waals surface area contributed by atoms with E-state index in [4.69, 9.17) is 27.9 Å². The van der Waals surface area contributed by atoms with E-state index in [0.29, 0.717) is 5.02 Å². The Kier molecular flexibility index (Phi) is 6.09. The van der Waals surface area contributed by atoms with E-state index in [-0.39, 0.29) is 10.8 Å². The van der Waals surface area contributed by atoms with Gasteiger partial charge in [-0.05, 0) is 66.9 Å². The highest BCUT2D eigenvalue weighted by atomic mass is 35.5. The molecule has 7 heteroatoms. The van der Waals surface area contributed by atoms with Gasteiger partial charge in [0.2, 0.25) is 6.23 Å². The fraction of sp³-hybridized carbons (Fsp3) is 0.250. The van der Waals surface area contributed by atoms with E-state index in [9.17, 15) is 13.2 Å². The van der Waals surface area contributed by atoms with Gasteiger partial charge in [-0.25, -0.2) is 0 Å². The van der Waals surface area contributed by atoms with Gasteiger partial charge in [-0.2, -0.15) is 13.2 Å². The van der Waals surface area contributed by atoms with E-state index in [1.54, 1.807) is 12.1 Å². The van der Waals surface area contributed by atoms with Gasteiger partial charge in [-0.15, -0.1) is 0 Å². The van der Waals surface area contributed by atoms with Crippen LogP contribution in [0.25, 0.3) is 0 Å². The van der Waals surface area contributed by atoms with E-state index in [2.05, 4.69) is 19.1 Å². The topological polar surface area (TPSA) is 12.5 Å². The first-order valence-electron chi connectivity index (χ1n) is 9.99. The lowest BCUT2D eigenvalue weighted by Gasteiger charge is -2.44. The van der Waals surface area contributed by atoms with Crippen LogP contribution in [0, 0.1) is 0 Å². The molecule has 31 heavy (non-hydrogen) atoms. The average Bonchev–Trinajstić information content (AvgIpc) is 2.73. The standard InChI is InChI=1S/C24H20Cl2F3NO/c1-2-3-4-15-5-8-17(9-6-15)30-22-12-7-16(25)13-19(22)23(30)31-18-10-11-21(26)20(14-18)24(27,28)29/h5-14,23H,2-4H2,1H3. The molecule has 0 aromatic heterocycles. The van der Waals surface area contributed by atoms with Crippen LogP contribution < -0.4 is 9.64 Å². The third kappa shape index (κ3) is 4.48. The molecule has 3 aromatic carbocycles. The van der Waals surface area contributed by atoms with Crippen LogP contribution in [0.15, 0.2) is 60.7 Å². The highest BCUT2D eigenvalue weighted by Crippen LogP contribution is 2.50. The number of alkyl halides is 3. The first-order chi connectivity index (χ1) is 14.8. The summed E-state index contributed by atoms with van der Waals surface area (Å²) in [6.07, 6.45) is -1.91. The van der Waals surface area contributed by atoms with Crippen molar-refractivity contribution < 1.29 is 17.9 Å². The zero-order valence-electron chi connectivity index (χ0n) is 16.7. The molecule has 2 nitrogen and oxygen atoms in total. The lowest BCUT2D eigenvalue weighted by molar-refractivity contribution is -0.137. The Hall–Kier alpha value is -2.37. The first-order valence-corrected chi connectivity index (χ1v) is 10.7. The number of fused-ring (bicyclic) bond motifs is 1. The SMILES string of the molecule is CCCCc1ccc(N2c3ccc(Cl)cc3C2Oc2ccc(Cl)c(C(F)(F)F)c2)cc1. The Morgan fingerprint density at radius 2 is 1.71 bits per heavy atom. The summed E-state index contributed by atoms with van der Waals surface area (Å²) in [7, 11) is 0. The van der Waals surface area contributed by atoms with E-state index in [1.165, 1.54) is 17.7 Å². The summed E-state index contributed by atoms with van der Waals surface area (Å²) in [6, 6.07) is 17.1. The highest BCUT2D eigenvalue weighted by molar-refractivity contribution is 6.31. The minimum absolute atomic E-state index is 0.0805. The molecule has 0 saturated carbocycles. The normalized spacial score (nSPS) is 15.4. The van der Waals surface area contributed by atoms with Crippen LogP contribution in [-0.4, -0.2) is 0 Å². The third-order valence-corrected chi connectivity index (χ3v) is 5.84. The number of aryl methyl sites for hydroxylation is 1. The van der Waals surface area contributed by atoms with Crippen LogP contribution in [0.2, 0.25) is 10.0 Å². The average molecular weight is 466 g/mol. The first kappa shape index (κ1) is 21.8. The summed E-state index contributed by atoms with van der Waals surface area (Å²) >= 11 is 11.9. The van der Waals surface area contributed by atoms with Crippen molar-refractivity contribution in [1.29, 1.82) is 0 Å². The fourth-order valence-corrected chi connectivity index (χ4v) is 4.07. The number of halogens is 5. The van der Waals surface area contributed by atoms with Gasteiger partial charge in [-0.1, -0.05) is 48.7 Å². The quantitative estimate of drug-likeness (QED) is 0.361. The van der Waals surface area contributed by atoms with Gasteiger partial charge in [0.05, 0.1) is 16.3 Å². The van der Waals surface area contributed by atoms with Crippen LogP contribution in [0.4, 0.5) is 24.5 Å². The Bertz CT molecular complexity index is 1080. The van der Waals surface area contributed by atoms with Gasteiger partial charge >= 0.3 is 6.18 Å². The molecule has 3 aromatic rings. The molecule has 162 valence electrons. The van der Waals surface area contributed by atoms with Gasteiger partial charge in [0.25, 0.3) is 0 Å². The molecule has 1 heterocycles. The maximum absolute atomic E-state index is 13.3. The minimum atomic E-state index is -4.56. The lowest BCUT2D eigenvalue weighted by atomic mass is 9.98. The molecule has 0 N–H and O–H groups in total. The maximum Gasteiger partial charge on any atom is 0.417 e. The van der Waals surface area contributed by atoms with Crippen molar-refractivity contribution in [2.45, 2.75) is 38.6 Å². The van der Waals surface area contributed by atoms with Crippen molar-refractivity contribution in [3.05, 3.63) is 87.4 Å². The number of unbranched alkanes of at least 4 members (excludes halogenated alkanes) is 1. The van der Waals surface area contributed by atoms with Crippen LogP contribution in [0.1, 0.15) is 42.7 Å². The summed E-state index contributed by atoms with van der Waals surface area (Å²) in [6.45, 7) is 2.15. The molecular weight excluding hydrogens is 446 g/mol. The van der Waals surface area contributed by atoms with E-state index >= 15 is 0 Å². The molecule has 0 amide bonds. The third-order valence-electron chi connectivity index (χ3n) is 5.27. The smallest absolute Gasteiger partial charge is 0.417 e. The molecule has 0 radical (unpaired) electrons. The van der Waals surface area contributed by atoms with Crippen LogP contribution >= 0.6 is 23.2 Å². The summed E-state index contributed by atoms with van der Waals surface area (Å²) in [5.74, 6) is 0.0805. The van der Waals surface area contributed by atoms with Crippen LogP contribution in [-0.2, 0) is 12.6 Å². The number of anilines is 2. The number of nitrogens with zero attached hydrogens (tertiary/aromatic N) is 1. The fourth-order valence-electron chi connectivity index (χ4n) is 3.66. The molecule has 0 bridgehead atoms. The zero-order chi connectivity index (χ0) is 22.2. The summed E-state index contributed by atoms with van der Waals surface area (Å²) in [5.41, 5.74) is 2.92. The predicted molar refractivity (Wildman–Crippen MR) is 118 cm³/mol. The van der Waals surface area contributed by atoms with Crippen molar-refractivity contribution in [3.8, 4) is 5.75 Å². The van der Waals surface area contributed by atoms with E-state index in [0.717, 1.165) is 42.3 Å². The monoisotopic (exact) mass is 465 g/mol. The van der Waals surface area contributed by atoms with Crippen molar-refractivity contribution >= 4 is 34.6 Å². The number of benzene rings is 3. The molecule has 0 spiro atoms. The van der Waals surface area contributed by atoms with Crippen molar-refractivity contribution in [2.24, 2.45) is 0 Å². The van der Waals surface area contributed by atoms with Gasteiger partial charge in [0.1, 0.15) is 5.75 Å². The van der Waals surface area contributed by atoms with Crippen molar-refractivity contribution in [2.75, 3.05) is 4.90 Å². The second-order valence-electron chi connectivity index (χ2n) is 7.45. The molecule has 0 saturated heterocycles. The van der Waals surface area contributed by atoms with Gasteiger partial charge in [0.15, 0.2) is 0 Å². The minimum Gasteiger partial charge on any atom is -0.466 e. The maximum atomic E-state index is 13.3. The highest BCUT2D eigenvalue weighted by Gasteiger charge is 2.39. The molecule has 1 aliphatic heterocycles. The molecule has 0 aliphatic carbocycles. The number of hydrogen-bond acceptors (Lipinski definition) is 2. The zero-order valence-corrected chi connectivity index (χ0v) is 18.2. The predicted octanol–water partition coefficient (Wildman–Crippen LogP) is 8.58. The number of ether oxygens (including phenoxy) is 1. The van der Waals surface area contributed by atoms with E-state index < -0.39 is 18.0 Å². The second kappa shape index (κ2) is 8.64. The van der Waals surface area contributed by atoms with Crippen LogP contribution in [0.5, 0.6) is 5.75 Å². The lowest BCUT2D eigenvalue weighted by Crippen LogP contribution is -2.38. The van der Waals surface area contributed by atoms with Crippen molar-refractivity contribution in [3.63, 3.8) is 0 Å². The number of hydrogen-bond donors (Lipinski definition) is 0. The molecule has 1 aliphatic rings. The molecule has 0 fully saturated rings. The van der Waals surface area contributed by atoms with Crippen LogP contribution in [0.3, 0.4) is 0 Å². The molecule has 4 rings (SSSR count). The molecule has 1 atom stereocenters. The van der Waals surface area contributed by atoms with Gasteiger partial charge < -0.3 is 9.64 Å². The largest absolute Gasteiger partial charge is 0.466 e. The summed E-state index contributed by atoms with van der Waals surface area (Å²) in [5, 5.41) is 0.172. The van der Waals surface area contributed by atoms with Gasteiger partial charge in [-0.3, -0.25) is 0 Å². The van der Waals surface area contributed by atoms with Gasteiger partial charge in [0, 0.05) is 16.3 Å². The number of rotatable bonds is 6. The molecule has 1 unspecified atom stereocenters. The Morgan fingerprint density at radius 3 is 2.39 bits per heavy atom. The Morgan fingerprint density at radius 1 is 0.968 bits per heavy atom. The Balaban J connectivity index is 1.65. The summed E-state index contributed by atoms with van der Waals surface area (Å²) < 4.78 is 45.8.